The molecule has 0 saturated carbocycles. The molecule has 1 aromatic heterocycles. The summed E-state index contributed by atoms with van der Waals surface area (Å²) in [4.78, 5) is 21.5. The molecule has 0 radical (unpaired) electrons. The van der Waals surface area contributed by atoms with E-state index in [4.69, 9.17) is 4.74 Å². The van der Waals surface area contributed by atoms with Gasteiger partial charge in [0.25, 0.3) is 5.91 Å². The third-order valence-electron chi connectivity index (χ3n) is 6.19. The molecule has 4 rings (SSSR count). The number of carbonyl (C=O) groups excluding carboxylic acids is 1. The van der Waals surface area contributed by atoms with Crippen molar-refractivity contribution < 1.29 is 9.53 Å². The van der Waals surface area contributed by atoms with Crippen LogP contribution in [0.3, 0.4) is 0 Å². The molecular formula is C27H33N3O2. The lowest BCUT2D eigenvalue weighted by molar-refractivity contribution is 0.0752. The summed E-state index contributed by atoms with van der Waals surface area (Å²) in [5.41, 5.74) is 1.79. The average Bonchev–Trinajstić information content (AvgIpc) is 2.85. The number of pyridine rings is 1. The summed E-state index contributed by atoms with van der Waals surface area (Å²) in [5, 5.41) is 2.14. The average molecular weight is 432 g/mol. The van der Waals surface area contributed by atoms with Crippen molar-refractivity contribution in [1.29, 1.82) is 0 Å². The van der Waals surface area contributed by atoms with Crippen molar-refractivity contribution in [3.63, 3.8) is 0 Å². The van der Waals surface area contributed by atoms with Gasteiger partial charge >= 0.3 is 0 Å². The number of hydrogen-bond acceptors (Lipinski definition) is 4. The molecule has 5 nitrogen and oxygen atoms in total. The van der Waals surface area contributed by atoms with Crippen LogP contribution in [0.5, 0.6) is 5.75 Å². The first-order chi connectivity index (χ1) is 15.7. The maximum atomic E-state index is 13.1. The van der Waals surface area contributed by atoms with Crippen molar-refractivity contribution in [3.8, 4) is 5.75 Å². The molecule has 0 atom stereocenters. The number of likely N-dealkylation sites (tertiary alicyclic amines) is 1. The molecule has 3 aromatic rings. The SMILES string of the molecule is CCN(Cc1ccncc1)C(=O)c1ccc2cc(OCCCN3CCCCC3)ccc2c1. The Kier molecular flexibility index (Phi) is 7.73. The van der Waals surface area contributed by atoms with Crippen molar-refractivity contribution in [2.24, 2.45) is 0 Å². The fourth-order valence-corrected chi connectivity index (χ4v) is 4.33. The number of amides is 1. The van der Waals surface area contributed by atoms with Gasteiger partial charge in [-0.2, -0.15) is 0 Å². The molecule has 0 spiro atoms. The standard InChI is InChI=1S/C27H33N3O2/c1-2-30(21-22-11-13-28-14-12-22)27(31)25-8-7-24-20-26(10-9-23(24)19-25)32-18-6-17-29-15-4-3-5-16-29/h7-14,19-20H,2-6,15-18,21H2,1H3. The van der Waals surface area contributed by atoms with E-state index >= 15 is 0 Å². The lowest BCUT2D eigenvalue weighted by Crippen LogP contribution is -2.31. The highest BCUT2D eigenvalue weighted by Crippen LogP contribution is 2.23. The molecule has 5 heteroatoms. The molecule has 168 valence electrons. The third kappa shape index (κ3) is 5.86. The van der Waals surface area contributed by atoms with E-state index in [1.165, 1.54) is 32.4 Å². The molecule has 1 amide bonds. The first kappa shape index (κ1) is 22.3. The molecule has 1 fully saturated rings. The molecule has 1 saturated heterocycles. The maximum Gasteiger partial charge on any atom is 0.254 e. The van der Waals surface area contributed by atoms with Gasteiger partial charge in [-0.25, -0.2) is 0 Å². The highest BCUT2D eigenvalue weighted by atomic mass is 16.5. The van der Waals surface area contributed by atoms with Crippen molar-refractivity contribution in [3.05, 3.63) is 72.1 Å². The van der Waals surface area contributed by atoms with Gasteiger partial charge < -0.3 is 14.5 Å². The molecule has 1 aliphatic heterocycles. The van der Waals surface area contributed by atoms with Crippen LogP contribution >= 0.6 is 0 Å². The molecule has 32 heavy (non-hydrogen) atoms. The molecule has 0 bridgehead atoms. The van der Waals surface area contributed by atoms with Crippen LogP contribution in [-0.4, -0.2) is 53.5 Å². The molecule has 2 heterocycles. The fraction of sp³-hybridized carbons (Fsp3) is 0.407. The number of nitrogens with zero attached hydrogens (tertiary/aromatic N) is 3. The predicted molar refractivity (Wildman–Crippen MR) is 129 cm³/mol. The van der Waals surface area contributed by atoms with E-state index < -0.39 is 0 Å². The predicted octanol–water partition coefficient (Wildman–Crippen LogP) is 5.15. The van der Waals surface area contributed by atoms with Crippen molar-refractivity contribution >= 4 is 16.7 Å². The first-order valence-electron chi connectivity index (χ1n) is 11.8. The second kappa shape index (κ2) is 11.1. The van der Waals surface area contributed by atoms with Gasteiger partial charge in [-0.1, -0.05) is 18.6 Å². The van der Waals surface area contributed by atoms with E-state index in [1.54, 1.807) is 12.4 Å². The van der Waals surface area contributed by atoms with Gasteiger partial charge in [-0.3, -0.25) is 9.78 Å². The number of hydrogen-bond donors (Lipinski definition) is 0. The van der Waals surface area contributed by atoms with Crippen molar-refractivity contribution in [2.75, 3.05) is 32.8 Å². The molecule has 2 aromatic carbocycles. The Labute approximate surface area is 191 Å². The molecular weight excluding hydrogens is 398 g/mol. The number of piperidine rings is 1. The second-order valence-electron chi connectivity index (χ2n) is 8.50. The zero-order chi connectivity index (χ0) is 22.2. The van der Waals surface area contributed by atoms with Crippen LogP contribution in [0.25, 0.3) is 10.8 Å². The minimum absolute atomic E-state index is 0.0456. The van der Waals surface area contributed by atoms with E-state index in [0.717, 1.165) is 41.7 Å². The quantitative estimate of drug-likeness (QED) is 0.440. The molecule has 0 unspecified atom stereocenters. The van der Waals surface area contributed by atoms with Crippen molar-refractivity contribution in [2.45, 2.75) is 39.2 Å². The highest BCUT2D eigenvalue weighted by molar-refractivity contribution is 5.98. The minimum atomic E-state index is 0.0456. The van der Waals surface area contributed by atoms with Gasteiger partial charge in [0.2, 0.25) is 0 Å². The zero-order valence-electron chi connectivity index (χ0n) is 19.0. The number of fused-ring (bicyclic) bond motifs is 1. The van der Waals surface area contributed by atoms with Gasteiger partial charge in [-0.15, -0.1) is 0 Å². The summed E-state index contributed by atoms with van der Waals surface area (Å²) < 4.78 is 6.00. The summed E-state index contributed by atoms with van der Waals surface area (Å²) in [6.07, 6.45) is 8.61. The summed E-state index contributed by atoms with van der Waals surface area (Å²) in [6.45, 7) is 7.56. The summed E-state index contributed by atoms with van der Waals surface area (Å²) >= 11 is 0. The summed E-state index contributed by atoms with van der Waals surface area (Å²) in [5.74, 6) is 0.937. The van der Waals surface area contributed by atoms with E-state index in [0.29, 0.717) is 18.7 Å². The number of benzene rings is 2. The number of ether oxygens (including phenoxy) is 1. The second-order valence-corrected chi connectivity index (χ2v) is 8.50. The lowest BCUT2D eigenvalue weighted by Gasteiger charge is -2.26. The Morgan fingerprint density at radius 3 is 2.53 bits per heavy atom. The Balaban J connectivity index is 1.35. The normalized spacial score (nSPS) is 14.4. The van der Waals surface area contributed by atoms with Crippen molar-refractivity contribution in [1.82, 2.24) is 14.8 Å². The lowest BCUT2D eigenvalue weighted by atomic mass is 10.1. The fourth-order valence-electron chi connectivity index (χ4n) is 4.33. The largest absolute Gasteiger partial charge is 0.494 e. The minimum Gasteiger partial charge on any atom is -0.494 e. The third-order valence-corrected chi connectivity index (χ3v) is 6.19. The Morgan fingerprint density at radius 2 is 1.75 bits per heavy atom. The number of rotatable bonds is 9. The topological polar surface area (TPSA) is 45.7 Å². The van der Waals surface area contributed by atoms with Crippen LogP contribution in [0.4, 0.5) is 0 Å². The van der Waals surface area contributed by atoms with Crippen LogP contribution in [0.15, 0.2) is 60.9 Å². The van der Waals surface area contributed by atoms with Crippen LogP contribution in [0.2, 0.25) is 0 Å². The van der Waals surface area contributed by atoms with E-state index in [9.17, 15) is 4.79 Å². The van der Waals surface area contributed by atoms with E-state index in [-0.39, 0.29) is 5.91 Å². The van der Waals surface area contributed by atoms with Crippen LogP contribution in [0, 0.1) is 0 Å². The zero-order valence-corrected chi connectivity index (χ0v) is 19.0. The van der Waals surface area contributed by atoms with E-state index in [1.807, 2.05) is 54.3 Å². The number of carbonyl (C=O) groups is 1. The van der Waals surface area contributed by atoms with Gasteiger partial charge in [0, 0.05) is 37.6 Å². The molecule has 0 aliphatic carbocycles. The Hall–Kier alpha value is -2.92. The highest BCUT2D eigenvalue weighted by Gasteiger charge is 2.15. The van der Waals surface area contributed by atoms with Gasteiger partial charge in [0.15, 0.2) is 0 Å². The van der Waals surface area contributed by atoms with Crippen LogP contribution in [0.1, 0.15) is 48.5 Å². The molecule has 1 aliphatic rings. The Morgan fingerprint density at radius 1 is 1.00 bits per heavy atom. The number of aromatic nitrogens is 1. The summed E-state index contributed by atoms with van der Waals surface area (Å²) in [7, 11) is 0. The Bertz CT molecular complexity index is 1020. The van der Waals surface area contributed by atoms with Gasteiger partial charge in [0.05, 0.1) is 6.61 Å². The maximum absolute atomic E-state index is 13.1. The van der Waals surface area contributed by atoms with Gasteiger partial charge in [-0.05, 0) is 92.0 Å². The smallest absolute Gasteiger partial charge is 0.254 e. The van der Waals surface area contributed by atoms with Crippen LogP contribution in [-0.2, 0) is 6.54 Å². The first-order valence-corrected chi connectivity index (χ1v) is 11.8. The monoisotopic (exact) mass is 431 g/mol. The van der Waals surface area contributed by atoms with E-state index in [2.05, 4.69) is 16.0 Å². The molecule has 0 N–H and O–H groups in total. The van der Waals surface area contributed by atoms with Gasteiger partial charge in [0.1, 0.15) is 5.75 Å². The van der Waals surface area contributed by atoms with Crippen LogP contribution < -0.4 is 4.74 Å². The summed E-state index contributed by atoms with van der Waals surface area (Å²) in [6, 6.07) is 15.9.